The molecule has 8 aromatic carbocycles. The molecule has 0 radical (unpaired) electrons. The quantitative estimate of drug-likeness (QED) is 0.165. The number of rotatable bonds is 8. The van der Waals surface area contributed by atoms with Gasteiger partial charge in [0.1, 0.15) is 0 Å². The highest BCUT2D eigenvalue weighted by Crippen LogP contribution is 2.52. The lowest BCUT2D eigenvalue weighted by Gasteiger charge is -2.60. The standard InChI is InChI=1S/C48H40O12Si8/c1-9-25-41(26-10-1)61-50-49-51-62(42-27-11-2-12-28-42)53-64(44-31-15-4-16-32-44)55-65(45-33-17-5-18-34-45)54-63(52-61,43-29-13-3-14-30-43)58-67(59-64,47-37-21-7-22-38-47)68(60-65,48-39-23-8-24-40-48)66(56-61,57-62)46-35-19-6-20-36-46/h1-40H. The fourth-order valence-electron chi connectivity index (χ4n) is 9.89. The molecule has 5 unspecified atom stereocenters. The van der Waals surface area contributed by atoms with Crippen LogP contribution in [-0.2, 0) is 51.2 Å². The highest BCUT2D eigenvalue weighted by molar-refractivity contribution is 7.74. The van der Waals surface area contributed by atoms with E-state index in [1.54, 1.807) is 0 Å². The molecule has 0 amide bonds. The van der Waals surface area contributed by atoms with Crippen molar-refractivity contribution in [3.05, 3.63) is 243 Å². The normalized spacial score (nSPS) is 33.6. The molecule has 5 saturated heterocycles. The van der Waals surface area contributed by atoms with Crippen LogP contribution in [0.1, 0.15) is 0 Å². The highest BCUT2D eigenvalue weighted by Gasteiger charge is 2.94. The molecular formula is C48H40O12Si8. The van der Waals surface area contributed by atoms with E-state index in [0.29, 0.717) is 31.1 Å². The fraction of sp³-hybridized carbons (Fsp3) is 0. The van der Waals surface area contributed by atoms with Gasteiger partial charge in [-0.15, -0.1) is 0 Å². The van der Waals surface area contributed by atoms with Gasteiger partial charge in [-0.05, 0) is 15.6 Å². The summed E-state index contributed by atoms with van der Waals surface area (Å²) in [6, 6.07) is 78.5. The Balaban J connectivity index is 1.32. The number of hydrogen-bond acceptors (Lipinski definition) is 12. The summed E-state index contributed by atoms with van der Waals surface area (Å²) in [4.78, 5) is 0. The van der Waals surface area contributed by atoms with E-state index >= 15 is 0 Å². The fourth-order valence-corrected chi connectivity index (χ4v) is 85.0. The SMILES string of the molecule is c1ccc([Si]23OOO[Si]4(c5ccccc5)O[Si]5(c6ccccc6)O[Si]6(c7ccccc7)O[Si](c7ccccc7)(O2)O[Si](c2ccccc2)(O5)[Si](c2ccccc2)(O6)[Si](c2ccccc2)(O3)O4)cc1. The Bertz CT molecular complexity index is 2970. The van der Waals surface area contributed by atoms with Gasteiger partial charge < -0.3 is 37.0 Å². The largest absolute Gasteiger partial charge is 0.553 e. The Labute approximate surface area is 400 Å². The van der Waals surface area contributed by atoms with Crippen molar-refractivity contribution in [1.29, 1.82) is 0 Å². The van der Waals surface area contributed by atoms with E-state index < -0.39 is 67.5 Å². The first-order valence-corrected chi connectivity index (χ1v) is 38.4. The van der Waals surface area contributed by atoms with Crippen LogP contribution >= 0.6 is 0 Å². The zero-order valence-corrected chi connectivity index (χ0v) is 44.0. The molecule has 336 valence electrons. The van der Waals surface area contributed by atoms with Gasteiger partial charge in [0.2, 0.25) is 0 Å². The van der Waals surface area contributed by atoms with Crippen molar-refractivity contribution in [3.8, 4) is 0 Å². The molecule has 8 aromatic rings. The third-order valence-corrected chi connectivity index (χ3v) is 64.0. The Hall–Kier alpha value is -4.98. The van der Waals surface area contributed by atoms with Crippen LogP contribution < -0.4 is 41.5 Å². The maximum Gasteiger partial charge on any atom is 0.553 e. The summed E-state index contributed by atoms with van der Waals surface area (Å²) < 4.78 is 88.9. The molecule has 20 heteroatoms. The summed E-state index contributed by atoms with van der Waals surface area (Å²) in [6.07, 6.45) is 0. The van der Waals surface area contributed by atoms with Gasteiger partial charge in [0.05, 0.1) is 0 Å². The number of benzene rings is 8. The van der Waals surface area contributed by atoms with Crippen LogP contribution in [0.4, 0.5) is 0 Å². The maximum atomic E-state index is 8.74. The van der Waals surface area contributed by atoms with Crippen LogP contribution in [0, 0.1) is 0 Å². The van der Waals surface area contributed by atoms with Gasteiger partial charge >= 0.3 is 67.5 Å². The van der Waals surface area contributed by atoms with Gasteiger partial charge in [-0.1, -0.05) is 248 Å². The molecule has 13 rings (SSSR count). The van der Waals surface area contributed by atoms with Crippen LogP contribution in [0.2, 0.25) is 0 Å². The Morgan fingerprint density at radius 1 is 0.191 bits per heavy atom. The predicted molar refractivity (Wildman–Crippen MR) is 268 cm³/mol. The summed E-state index contributed by atoms with van der Waals surface area (Å²) in [5, 5.41) is 11.3. The van der Waals surface area contributed by atoms with E-state index in [1.165, 1.54) is 0 Å². The van der Waals surface area contributed by atoms with E-state index in [2.05, 4.69) is 24.3 Å². The molecule has 0 aliphatic carbocycles. The second-order valence-electron chi connectivity index (χ2n) is 16.8. The Morgan fingerprint density at radius 3 is 0.721 bits per heavy atom. The van der Waals surface area contributed by atoms with Crippen molar-refractivity contribution >= 4 is 109 Å². The molecule has 5 aliphatic rings. The Kier molecular flexibility index (Phi) is 10.3. The van der Waals surface area contributed by atoms with Crippen molar-refractivity contribution in [2.45, 2.75) is 0 Å². The lowest BCUT2D eigenvalue weighted by atomic mass is 10.4. The molecule has 0 aromatic heterocycles. The third kappa shape index (κ3) is 6.28. The van der Waals surface area contributed by atoms with Crippen LogP contribution in [0.3, 0.4) is 0 Å². The van der Waals surface area contributed by atoms with Gasteiger partial charge in [0.25, 0.3) is 0 Å². The van der Waals surface area contributed by atoms with Crippen molar-refractivity contribution in [1.82, 2.24) is 0 Å². The second kappa shape index (κ2) is 16.3. The van der Waals surface area contributed by atoms with Crippen LogP contribution in [0.5, 0.6) is 0 Å². The predicted octanol–water partition coefficient (Wildman–Crippen LogP) is 3.02. The second-order valence-corrected chi connectivity index (χ2v) is 48.1. The third-order valence-electron chi connectivity index (χ3n) is 12.8. The smallest absolute Gasteiger partial charge is 0.404 e. The zero-order valence-electron chi connectivity index (χ0n) is 36.0. The monoisotopic (exact) mass is 1030 g/mol. The molecule has 0 N–H and O–H groups in total. The minimum absolute atomic E-state index is 0.539. The minimum Gasteiger partial charge on any atom is -0.404 e. The minimum atomic E-state index is -4.82. The van der Waals surface area contributed by atoms with Crippen molar-refractivity contribution in [2.24, 2.45) is 0 Å². The summed E-state index contributed by atoms with van der Waals surface area (Å²) in [5.74, 6) is 0. The lowest BCUT2D eigenvalue weighted by molar-refractivity contribution is -0.448. The summed E-state index contributed by atoms with van der Waals surface area (Å²) >= 11 is 0. The molecule has 68 heavy (non-hydrogen) atoms. The molecule has 5 aliphatic heterocycles. The molecule has 12 nitrogen and oxygen atoms in total. The molecule has 0 spiro atoms. The van der Waals surface area contributed by atoms with Gasteiger partial charge in [-0.25, -0.2) is 0 Å². The van der Waals surface area contributed by atoms with Gasteiger partial charge in [0.15, 0.2) is 0 Å². The van der Waals surface area contributed by atoms with E-state index in [0.717, 1.165) is 10.4 Å². The molecule has 5 fully saturated rings. The molecule has 0 saturated carbocycles. The Morgan fingerprint density at radius 2 is 0.412 bits per heavy atom. The molecule has 8 bridgehead atoms. The lowest BCUT2D eigenvalue weighted by Crippen LogP contribution is -3.01. The molecule has 5 atom stereocenters. The van der Waals surface area contributed by atoms with Crippen LogP contribution in [-0.4, -0.2) is 67.5 Å². The number of hydrogen-bond donors (Lipinski definition) is 0. The van der Waals surface area contributed by atoms with Crippen molar-refractivity contribution in [2.75, 3.05) is 0 Å². The summed E-state index contributed by atoms with van der Waals surface area (Å²) in [7, 11) is -37.9. The van der Waals surface area contributed by atoms with E-state index in [1.807, 2.05) is 218 Å². The van der Waals surface area contributed by atoms with Crippen molar-refractivity contribution < 1.29 is 51.2 Å². The average Bonchev–Trinajstić information content (AvgIpc) is 3.54. The summed E-state index contributed by atoms with van der Waals surface area (Å²) in [5.41, 5.74) is 0. The average molecular weight is 1030 g/mol. The maximum absolute atomic E-state index is 8.74. The van der Waals surface area contributed by atoms with Crippen LogP contribution in [0.25, 0.3) is 0 Å². The molecule has 5 heterocycles. The van der Waals surface area contributed by atoms with Crippen LogP contribution in [0.15, 0.2) is 243 Å². The van der Waals surface area contributed by atoms with Crippen molar-refractivity contribution in [3.63, 3.8) is 0 Å². The van der Waals surface area contributed by atoms with E-state index in [4.69, 9.17) is 51.2 Å². The summed E-state index contributed by atoms with van der Waals surface area (Å²) in [6.45, 7) is 0. The molecular weight excluding hydrogens is 993 g/mol. The zero-order chi connectivity index (χ0) is 45.4. The topological polar surface area (TPSA) is 111 Å². The number of fused-ring (bicyclic) bond motifs is 5. The van der Waals surface area contributed by atoms with E-state index in [9.17, 15) is 0 Å². The first-order chi connectivity index (χ1) is 33.4. The first kappa shape index (κ1) is 43.1. The first-order valence-electron chi connectivity index (χ1n) is 22.2. The van der Waals surface area contributed by atoms with Gasteiger partial charge in [0, 0.05) is 25.9 Å². The highest BCUT2D eigenvalue weighted by atomic mass is 29.7. The van der Waals surface area contributed by atoms with Gasteiger partial charge in [-0.3, -0.25) is 0 Å². The van der Waals surface area contributed by atoms with E-state index in [-0.39, 0.29) is 0 Å². The van der Waals surface area contributed by atoms with Gasteiger partial charge in [-0.2, -0.15) is 9.15 Å².